The molecule has 0 aliphatic rings. The van der Waals surface area contributed by atoms with E-state index in [2.05, 4.69) is 69.1 Å². The number of benzene rings is 7. The van der Waals surface area contributed by atoms with Gasteiger partial charge in [0.2, 0.25) is 65.0 Å². The summed E-state index contributed by atoms with van der Waals surface area (Å²) in [5, 5.41) is 36.7. The maximum Gasteiger partial charge on any atom is 0.524 e. The van der Waals surface area contributed by atoms with Gasteiger partial charge in [-0.05, 0) is 78.3 Å². The van der Waals surface area contributed by atoms with E-state index < -0.39 is 211 Å². The van der Waals surface area contributed by atoms with Gasteiger partial charge < -0.3 is 92.8 Å². The molecular formula is C87H111N12O25P3. The Labute approximate surface area is 734 Å². The molecule has 40 heteroatoms. The van der Waals surface area contributed by atoms with Gasteiger partial charge in [0, 0.05) is 13.0 Å². The first kappa shape index (κ1) is 102. The number of carboxylic acids is 1. The molecule has 0 aromatic heterocycles. The lowest BCUT2D eigenvalue weighted by molar-refractivity contribution is -0.145. The number of amides is 11. The smallest absolute Gasteiger partial charge is 0.480 e. The van der Waals surface area contributed by atoms with Crippen molar-refractivity contribution < 1.29 is 119 Å². The van der Waals surface area contributed by atoms with E-state index in [1.54, 1.807) is 203 Å². The second-order valence-electron chi connectivity index (χ2n) is 30.9. The van der Waals surface area contributed by atoms with Gasteiger partial charge in [0.1, 0.15) is 53.1 Å². The molecule has 0 fully saturated rings. The Hall–Kier alpha value is -11.7. The molecule has 20 N–H and O–H groups in total. The van der Waals surface area contributed by atoms with Crippen LogP contribution in [0.4, 0.5) is 0 Å². The zero-order valence-corrected chi connectivity index (χ0v) is 73.2. The normalized spacial score (nSPS) is 13.5. The zero-order valence-electron chi connectivity index (χ0n) is 70.5. The molecule has 7 aromatic carbocycles. The molecule has 7 aromatic rings. The van der Waals surface area contributed by atoms with Crippen LogP contribution in [0.25, 0.3) is 0 Å². The van der Waals surface area contributed by atoms with Crippen molar-refractivity contribution in [2.24, 2.45) is 5.73 Å². The number of aliphatic carboxylic acids is 1. The van der Waals surface area contributed by atoms with Gasteiger partial charge in [0.15, 0.2) is 0 Å². The van der Waals surface area contributed by atoms with Crippen LogP contribution in [0.15, 0.2) is 206 Å². The number of nitrogens with two attached hydrogens (primary N) is 1. The monoisotopic (exact) mass is 1820 g/mol. The van der Waals surface area contributed by atoms with E-state index in [1.165, 1.54) is 17.9 Å². The van der Waals surface area contributed by atoms with E-state index in [0.29, 0.717) is 39.8 Å². The summed E-state index contributed by atoms with van der Waals surface area (Å²) in [6.07, 6.45) is 5.19. The van der Waals surface area contributed by atoms with Crippen molar-refractivity contribution in [3.63, 3.8) is 0 Å². The first-order valence-electron chi connectivity index (χ1n) is 41.0. The molecule has 7 rings (SSSR count). The molecular weight excluding hydrogens is 1710 g/mol. The third kappa shape index (κ3) is 34.5. The van der Waals surface area contributed by atoms with Crippen LogP contribution in [-0.2, 0) is 98.0 Å². The van der Waals surface area contributed by atoms with Crippen LogP contribution in [0.5, 0.6) is 5.75 Å². The summed E-state index contributed by atoms with van der Waals surface area (Å²) in [6.45, 7) is 3.71. The summed E-state index contributed by atoms with van der Waals surface area (Å²) in [6, 6.07) is 42.2. The minimum absolute atomic E-state index is 0.0116. The fourth-order valence-corrected chi connectivity index (χ4v) is 14.9. The SMILES string of the molecule is CCCCCCCCCCCCNC(=O)[C@H](N)CC(=O)N[C@H](COP(=O)(O)O)C(=O)N[C@H](Cc1ccc(OP(=O)(O)O)cc1)C(=O)N[C@H](CC(=O)NP(=O)(O)O)C(=O)NCC(=O)N[C@@H](CC(=O)NC(c1ccccc1)(c1ccccc1)c1ccccc1)C(=O)N[C@@H](COC(C)(C)C)C(=O)N[C@@H](CC(=O)NC(c1ccccc1)(c1ccccc1)c1ccccc1)C(=O)O. The van der Waals surface area contributed by atoms with Gasteiger partial charge in [-0.1, -0.05) is 259 Å². The van der Waals surface area contributed by atoms with E-state index in [9.17, 15) is 96.1 Å². The summed E-state index contributed by atoms with van der Waals surface area (Å²) in [7, 11) is -16.2. The van der Waals surface area contributed by atoms with Gasteiger partial charge in [-0.15, -0.1) is 0 Å². The number of rotatable bonds is 52. The minimum Gasteiger partial charge on any atom is -0.480 e. The van der Waals surface area contributed by atoms with Gasteiger partial charge in [-0.25, -0.2) is 18.5 Å². The Bertz CT molecular complexity index is 4760. The lowest BCUT2D eigenvalue weighted by Crippen LogP contribution is -2.60. The fourth-order valence-electron chi connectivity index (χ4n) is 13.7. The lowest BCUT2D eigenvalue weighted by atomic mass is 9.77. The van der Waals surface area contributed by atoms with E-state index in [1.807, 2.05) is 0 Å². The predicted octanol–water partition coefficient (Wildman–Crippen LogP) is 5.08. The van der Waals surface area contributed by atoms with Crippen molar-refractivity contribution in [3.05, 3.63) is 245 Å². The highest BCUT2D eigenvalue weighted by Crippen LogP contribution is 2.41. The number of phosphoric ester groups is 2. The Balaban J connectivity index is 1.19. The van der Waals surface area contributed by atoms with Crippen LogP contribution in [0.1, 0.15) is 157 Å². The van der Waals surface area contributed by atoms with Crippen LogP contribution in [0, 0.1) is 0 Å². The highest BCUT2D eigenvalue weighted by molar-refractivity contribution is 7.50. The molecule has 0 saturated carbocycles. The van der Waals surface area contributed by atoms with Crippen LogP contribution < -0.4 is 68.5 Å². The number of phosphoric acid groups is 2. The Morgan fingerprint density at radius 2 is 0.740 bits per heavy atom. The summed E-state index contributed by atoms with van der Waals surface area (Å²) < 4.78 is 51.3. The molecule has 684 valence electrons. The Kier molecular flexibility index (Phi) is 39.9. The number of hydrogen-bond acceptors (Lipinski definition) is 19. The maximum absolute atomic E-state index is 15.4. The molecule has 0 saturated heterocycles. The predicted molar refractivity (Wildman–Crippen MR) is 465 cm³/mol. The molecule has 0 heterocycles. The Morgan fingerprint density at radius 1 is 0.378 bits per heavy atom. The van der Waals surface area contributed by atoms with Gasteiger partial charge in [0.25, 0.3) is 0 Å². The van der Waals surface area contributed by atoms with Crippen LogP contribution in [-0.4, -0.2) is 180 Å². The van der Waals surface area contributed by atoms with E-state index >= 15 is 9.59 Å². The van der Waals surface area contributed by atoms with E-state index in [4.69, 9.17) is 10.5 Å². The van der Waals surface area contributed by atoms with Crippen molar-refractivity contribution >= 4 is 94.3 Å². The van der Waals surface area contributed by atoms with Crippen molar-refractivity contribution in [2.45, 2.75) is 183 Å². The van der Waals surface area contributed by atoms with Crippen molar-refractivity contribution in [1.82, 2.24) is 58.3 Å². The van der Waals surface area contributed by atoms with Crippen LogP contribution in [0.3, 0.4) is 0 Å². The second-order valence-corrected chi connectivity index (χ2v) is 34.7. The molecule has 127 heavy (non-hydrogen) atoms. The number of carbonyl (C=O) groups excluding carboxylic acids is 11. The van der Waals surface area contributed by atoms with Gasteiger partial charge in [0.05, 0.1) is 57.1 Å². The molecule has 0 radical (unpaired) electrons. The van der Waals surface area contributed by atoms with Crippen molar-refractivity contribution in [2.75, 3.05) is 26.3 Å². The molecule has 0 unspecified atom stereocenters. The van der Waals surface area contributed by atoms with E-state index in [-0.39, 0.29) is 12.1 Å². The average Bonchev–Trinajstić information content (AvgIpc) is 0.757. The number of hydrogen-bond donors (Lipinski definition) is 19. The third-order valence-electron chi connectivity index (χ3n) is 19.8. The zero-order chi connectivity index (χ0) is 93.0. The maximum atomic E-state index is 15.4. The quantitative estimate of drug-likeness (QED) is 0.0134. The number of carbonyl (C=O) groups is 12. The molecule has 0 aliphatic carbocycles. The van der Waals surface area contributed by atoms with Gasteiger partial charge in [-0.3, -0.25) is 72.1 Å². The number of nitrogens with one attached hydrogen (secondary N) is 11. The van der Waals surface area contributed by atoms with Gasteiger partial charge in [-0.2, -0.15) is 0 Å². The average molecular weight is 1820 g/mol. The molecule has 11 amide bonds. The first-order chi connectivity index (χ1) is 60.2. The lowest BCUT2D eigenvalue weighted by Gasteiger charge is -2.37. The van der Waals surface area contributed by atoms with Crippen LogP contribution >= 0.6 is 23.4 Å². The molecule has 37 nitrogen and oxygen atoms in total. The number of unbranched alkanes of at least 4 members (excludes halogenated alkanes) is 9. The largest absolute Gasteiger partial charge is 0.524 e. The van der Waals surface area contributed by atoms with Crippen molar-refractivity contribution in [3.8, 4) is 5.75 Å². The molecule has 0 spiro atoms. The van der Waals surface area contributed by atoms with Crippen LogP contribution in [0.2, 0.25) is 0 Å². The second kappa shape index (κ2) is 49.4. The highest BCUT2D eigenvalue weighted by Gasteiger charge is 2.43. The molecule has 7 atom stereocenters. The van der Waals surface area contributed by atoms with Gasteiger partial charge >= 0.3 is 29.4 Å². The summed E-state index contributed by atoms with van der Waals surface area (Å²) in [5.41, 5.74) is 5.09. The highest BCUT2D eigenvalue weighted by atomic mass is 31.2. The topological polar surface area (TPSA) is 584 Å². The third-order valence-corrected chi connectivity index (χ3v) is 21.3. The fraction of sp³-hybridized carbons (Fsp3) is 0.379. The minimum atomic E-state index is -5.54. The summed E-state index contributed by atoms with van der Waals surface area (Å²) in [4.78, 5) is 230. The van der Waals surface area contributed by atoms with Crippen molar-refractivity contribution in [1.29, 1.82) is 0 Å². The number of ether oxygens (including phenoxy) is 1. The summed E-state index contributed by atoms with van der Waals surface area (Å²) in [5.74, 6) is -16.0. The first-order valence-corrected chi connectivity index (χ1v) is 45.7. The van der Waals surface area contributed by atoms with E-state index in [0.717, 1.165) is 69.2 Å². The standard InChI is InChI=1S/C87H111N12O25P3/c1-5-6-7-8-9-10-11-12-13-32-49-89-78(105)66(88)51-73(100)92-72(57-123-126(116,117)118)83(110)93-67(50-58-45-47-65(48-46-58)124-127(119,120)121)80(107)94-68(53-76(103)99-125(113,114)115)79(106)90-55-77(104)91-69(52-74(101)97-86(59-33-20-14-21-34-59,60-35-22-15-23-36-60)61-37-24-16-25-38-61)81(108)96-71(56-122-85(2,3)4)82(109)95-70(84(111)112)54-75(102)98-87(62-39-26-17-27-40-62,63-41-28-18-29-42-63)64-43-30-19-31-44-64/h14-31,33-48,66-72H,5-13,32,49-57,88H2,1-4H3,(H,89,105)(H,90,106)(H,91,104)(H,92,100)(H,93,110)(H,94,107)(H,95,109)(H,96,108)(H,97,101)(H,98,102)(H,111,112)(H2,116,117,118)(H2,119,120,121)(H3,99,103,113,114,115)/t66-,67-,68-,69+,70+,71+,72-/m1/s1. The molecule has 0 bridgehead atoms. The Morgan fingerprint density at radius 3 is 1.15 bits per heavy atom. The molecule has 0 aliphatic heterocycles. The summed E-state index contributed by atoms with van der Waals surface area (Å²) >= 11 is 0. The number of carboxylic acid groups (broad SMARTS) is 1.